The van der Waals surface area contributed by atoms with E-state index < -0.39 is 0 Å². The molecule has 0 bridgehead atoms. The van der Waals surface area contributed by atoms with E-state index >= 15 is 0 Å². The Kier molecular flexibility index (Phi) is 6.48. The number of methoxy groups -OCH3 is 1. The van der Waals surface area contributed by atoms with Crippen LogP contribution in [-0.4, -0.2) is 49.1 Å². The molecule has 0 saturated carbocycles. The van der Waals surface area contributed by atoms with Crippen LogP contribution in [0.3, 0.4) is 0 Å². The van der Waals surface area contributed by atoms with Gasteiger partial charge in [0.05, 0.1) is 29.6 Å². The third-order valence-electron chi connectivity index (χ3n) is 6.80. The molecule has 1 amide bonds. The second-order valence-corrected chi connectivity index (χ2v) is 9.88. The Morgan fingerprint density at radius 3 is 2.43 bits per heavy atom. The lowest BCUT2D eigenvalue weighted by atomic mass is 10.00. The molecule has 1 aliphatic rings. The fourth-order valence-electron chi connectivity index (χ4n) is 4.64. The summed E-state index contributed by atoms with van der Waals surface area (Å²) < 4.78 is 6.47. The number of carbonyl (C=O) groups is 1. The van der Waals surface area contributed by atoms with Gasteiger partial charge in [-0.25, -0.2) is 4.98 Å². The van der Waals surface area contributed by atoms with Crippen LogP contribution in [0.4, 0.5) is 5.69 Å². The molecule has 1 aliphatic heterocycles. The van der Waals surface area contributed by atoms with E-state index in [2.05, 4.69) is 58.9 Å². The fourth-order valence-corrected chi connectivity index (χ4v) is 5.00. The first-order chi connectivity index (χ1) is 16.9. The summed E-state index contributed by atoms with van der Waals surface area (Å²) in [6.07, 6.45) is 0. The van der Waals surface area contributed by atoms with Crippen LogP contribution in [0.25, 0.3) is 22.2 Å². The number of aromatic nitrogens is 1. The van der Waals surface area contributed by atoms with E-state index in [9.17, 15) is 4.79 Å². The lowest BCUT2D eigenvalue weighted by Crippen LogP contribution is -2.49. The van der Waals surface area contributed by atoms with Crippen molar-refractivity contribution in [3.63, 3.8) is 0 Å². The molecule has 2 heterocycles. The van der Waals surface area contributed by atoms with Crippen LogP contribution in [0.15, 0.2) is 71.2 Å². The van der Waals surface area contributed by atoms with Crippen LogP contribution < -0.4 is 9.64 Å². The minimum absolute atomic E-state index is 0.0419. The lowest BCUT2D eigenvalue weighted by molar-refractivity contribution is 0.0748. The highest BCUT2D eigenvalue weighted by atomic mass is 79.9. The van der Waals surface area contributed by atoms with Crippen molar-refractivity contribution in [1.82, 2.24) is 9.88 Å². The number of hydrogen-bond donors (Lipinski definition) is 0. The summed E-state index contributed by atoms with van der Waals surface area (Å²) in [7, 11) is 1.69. The second-order valence-electron chi connectivity index (χ2n) is 8.97. The summed E-state index contributed by atoms with van der Waals surface area (Å²) >= 11 is 3.57. The van der Waals surface area contributed by atoms with Gasteiger partial charge in [-0.2, -0.15) is 0 Å². The van der Waals surface area contributed by atoms with Crippen molar-refractivity contribution in [2.75, 3.05) is 38.2 Å². The van der Waals surface area contributed by atoms with E-state index in [1.54, 1.807) is 7.11 Å². The summed E-state index contributed by atoms with van der Waals surface area (Å²) in [5.41, 5.74) is 6.86. The molecule has 1 aromatic heterocycles. The monoisotopic (exact) mass is 529 g/mol. The smallest absolute Gasteiger partial charge is 0.254 e. The largest absolute Gasteiger partial charge is 0.495 e. The minimum Gasteiger partial charge on any atom is -0.495 e. The zero-order valence-electron chi connectivity index (χ0n) is 20.2. The Morgan fingerprint density at radius 2 is 1.69 bits per heavy atom. The molecule has 0 radical (unpaired) electrons. The van der Waals surface area contributed by atoms with Crippen LogP contribution in [0, 0.1) is 13.8 Å². The van der Waals surface area contributed by atoms with E-state index in [0.717, 1.165) is 51.2 Å². The quantitative estimate of drug-likeness (QED) is 0.313. The highest BCUT2D eigenvalue weighted by molar-refractivity contribution is 9.10. The zero-order chi connectivity index (χ0) is 24.5. The predicted octanol–water partition coefficient (Wildman–Crippen LogP) is 6.25. The van der Waals surface area contributed by atoms with Gasteiger partial charge in [-0.3, -0.25) is 4.79 Å². The molecule has 4 aromatic rings. The predicted molar refractivity (Wildman–Crippen MR) is 145 cm³/mol. The van der Waals surface area contributed by atoms with Crippen molar-refractivity contribution in [1.29, 1.82) is 0 Å². The average Bonchev–Trinajstić information content (AvgIpc) is 2.89. The molecule has 6 heteroatoms. The maximum absolute atomic E-state index is 13.8. The normalized spacial score (nSPS) is 13.8. The highest BCUT2D eigenvalue weighted by Crippen LogP contribution is 2.31. The number of anilines is 1. The first-order valence-corrected chi connectivity index (χ1v) is 12.6. The van der Waals surface area contributed by atoms with Crippen molar-refractivity contribution >= 4 is 38.4 Å². The van der Waals surface area contributed by atoms with Crippen molar-refractivity contribution in [2.24, 2.45) is 0 Å². The third-order valence-corrected chi connectivity index (χ3v) is 7.29. The van der Waals surface area contributed by atoms with E-state index in [1.807, 2.05) is 47.4 Å². The number of rotatable bonds is 4. The second kappa shape index (κ2) is 9.70. The first kappa shape index (κ1) is 23.4. The first-order valence-electron chi connectivity index (χ1n) is 11.8. The minimum atomic E-state index is 0.0419. The molecule has 0 N–H and O–H groups in total. The fraction of sp³-hybridized carbons (Fsp3) is 0.241. The van der Waals surface area contributed by atoms with Gasteiger partial charge in [0.15, 0.2) is 0 Å². The summed E-state index contributed by atoms with van der Waals surface area (Å²) in [6, 6.07) is 22.3. The van der Waals surface area contributed by atoms with Gasteiger partial charge in [-0.1, -0.05) is 40.2 Å². The maximum atomic E-state index is 13.8. The average molecular weight is 530 g/mol. The number of fused-ring (bicyclic) bond motifs is 1. The lowest BCUT2D eigenvalue weighted by Gasteiger charge is -2.36. The molecule has 3 aromatic carbocycles. The molecule has 5 nitrogen and oxygen atoms in total. The molecule has 1 fully saturated rings. The number of benzene rings is 3. The molecule has 178 valence electrons. The molecular weight excluding hydrogens is 502 g/mol. The number of piperazine rings is 1. The summed E-state index contributed by atoms with van der Waals surface area (Å²) in [5.74, 6) is 0.899. The summed E-state index contributed by atoms with van der Waals surface area (Å²) in [6.45, 7) is 7.00. The molecule has 1 saturated heterocycles. The van der Waals surface area contributed by atoms with E-state index in [1.165, 1.54) is 11.1 Å². The number of nitrogens with zero attached hydrogens (tertiary/aromatic N) is 3. The molecule has 35 heavy (non-hydrogen) atoms. The Hall–Kier alpha value is -3.38. The SMILES string of the molecule is COc1ccccc1N1CCN(C(=O)c2cc(-c3ccc(C)c(C)c3)nc3ccc(Br)cc23)CC1. The van der Waals surface area contributed by atoms with E-state index in [4.69, 9.17) is 9.72 Å². The Morgan fingerprint density at radius 1 is 0.914 bits per heavy atom. The van der Waals surface area contributed by atoms with Crippen LogP contribution >= 0.6 is 15.9 Å². The maximum Gasteiger partial charge on any atom is 0.254 e. The van der Waals surface area contributed by atoms with Crippen molar-refractivity contribution < 1.29 is 9.53 Å². The van der Waals surface area contributed by atoms with Crippen LogP contribution in [0.1, 0.15) is 21.5 Å². The van der Waals surface area contributed by atoms with Gasteiger partial charge in [-0.05, 0) is 67.4 Å². The molecule has 5 rings (SSSR count). The number of hydrogen-bond acceptors (Lipinski definition) is 4. The van der Waals surface area contributed by atoms with Crippen molar-refractivity contribution in [3.05, 3.63) is 87.9 Å². The number of halogens is 1. The van der Waals surface area contributed by atoms with Gasteiger partial charge in [0.1, 0.15) is 5.75 Å². The Balaban J connectivity index is 1.47. The van der Waals surface area contributed by atoms with E-state index in [0.29, 0.717) is 18.7 Å². The molecule has 0 spiro atoms. The number of ether oxygens (including phenoxy) is 1. The van der Waals surface area contributed by atoms with Crippen LogP contribution in [-0.2, 0) is 0 Å². The molecule has 0 atom stereocenters. The van der Waals surface area contributed by atoms with Gasteiger partial charge in [0, 0.05) is 41.6 Å². The van der Waals surface area contributed by atoms with Gasteiger partial charge < -0.3 is 14.5 Å². The van der Waals surface area contributed by atoms with Gasteiger partial charge >= 0.3 is 0 Å². The number of carbonyl (C=O) groups excluding carboxylic acids is 1. The van der Waals surface area contributed by atoms with Crippen molar-refractivity contribution in [3.8, 4) is 17.0 Å². The van der Waals surface area contributed by atoms with Gasteiger partial charge in [-0.15, -0.1) is 0 Å². The number of para-hydroxylation sites is 2. The Labute approximate surface area is 214 Å². The standard InChI is InChI=1S/C29H28BrN3O2/c1-19-8-9-21(16-20(19)2)26-18-24(23-17-22(30)10-11-25(23)31-26)29(34)33-14-12-32(13-15-33)27-6-4-5-7-28(27)35-3/h4-11,16-18H,12-15H2,1-3H3. The Bertz CT molecular complexity index is 1410. The third kappa shape index (κ3) is 4.63. The highest BCUT2D eigenvalue weighted by Gasteiger charge is 2.25. The molecular formula is C29H28BrN3O2. The topological polar surface area (TPSA) is 45.7 Å². The van der Waals surface area contributed by atoms with E-state index in [-0.39, 0.29) is 5.91 Å². The van der Waals surface area contributed by atoms with Crippen molar-refractivity contribution in [2.45, 2.75) is 13.8 Å². The van der Waals surface area contributed by atoms with Gasteiger partial charge in [0.2, 0.25) is 0 Å². The zero-order valence-corrected chi connectivity index (χ0v) is 21.8. The van der Waals surface area contributed by atoms with Gasteiger partial charge in [0.25, 0.3) is 5.91 Å². The number of aryl methyl sites for hydroxylation is 2. The number of pyridine rings is 1. The molecule has 0 unspecified atom stereocenters. The van der Waals surface area contributed by atoms with Crippen LogP contribution in [0.5, 0.6) is 5.75 Å². The van der Waals surface area contributed by atoms with Crippen LogP contribution in [0.2, 0.25) is 0 Å². The summed E-state index contributed by atoms with van der Waals surface area (Å²) in [4.78, 5) is 23.0. The number of amides is 1. The summed E-state index contributed by atoms with van der Waals surface area (Å²) in [5, 5.41) is 0.865. The molecule has 0 aliphatic carbocycles.